The minimum Gasteiger partial charge on any atom is -0.467 e. The van der Waals surface area contributed by atoms with Gasteiger partial charge in [-0.1, -0.05) is 84.9 Å². The highest BCUT2D eigenvalue weighted by Gasteiger charge is 2.32. The van der Waals surface area contributed by atoms with Crippen molar-refractivity contribution in [1.82, 2.24) is 20.9 Å². The molecule has 3 amide bonds. The van der Waals surface area contributed by atoms with Gasteiger partial charge in [0.05, 0.1) is 13.5 Å². The second kappa shape index (κ2) is 13.5. The molecule has 0 saturated carbocycles. The second-order valence-electron chi connectivity index (χ2n) is 11.3. The second-order valence-corrected chi connectivity index (χ2v) is 11.3. The highest BCUT2D eigenvalue weighted by Crippen LogP contribution is 2.44. The third-order valence-electron chi connectivity index (χ3n) is 8.41. The van der Waals surface area contributed by atoms with Gasteiger partial charge < -0.3 is 25.7 Å². The molecule has 1 heterocycles. The van der Waals surface area contributed by atoms with Gasteiger partial charge in [-0.25, -0.2) is 4.79 Å². The fourth-order valence-corrected chi connectivity index (χ4v) is 6.12. The zero-order valence-corrected chi connectivity index (χ0v) is 25.3. The zero-order chi connectivity index (χ0) is 32.0. The van der Waals surface area contributed by atoms with E-state index in [-0.39, 0.29) is 18.8 Å². The summed E-state index contributed by atoms with van der Waals surface area (Å²) in [6.45, 7) is 0.324. The minimum absolute atomic E-state index is 0.0451. The van der Waals surface area contributed by atoms with Gasteiger partial charge in [0.1, 0.15) is 12.1 Å². The number of hydrogen-bond donors (Lipinski definition) is 4. The number of fused-ring (bicyclic) bond motifs is 4. The van der Waals surface area contributed by atoms with Crippen LogP contribution in [0.4, 0.5) is 0 Å². The largest absolute Gasteiger partial charge is 0.467 e. The van der Waals surface area contributed by atoms with Crippen molar-refractivity contribution < 1.29 is 23.9 Å². The number of benzene rings is 4. The molecule has 9 heteroatoms. The maximum atomic E-state index is 13.8. The number of hydrogen-bond acceptors (Lipinski definition) is 5. The van der Waals surface area contributed by atoms with Crippen molar-refractivity contribution in [3.63, 3.8) is 0 Å². The van der Waals surface area contributed by atoms with Crippen LogP contribution in [0.25, 0.3) is 22.0 Å². The number of esters is 1. The molecule has 9 nitrogen and oxygen atoms in total. The molecule has 0 aliphatic heterocycles. The number of nitrogens with one attached hydrogen (secondary N) is 4. The molecule has 2 atom stereocenters. The number of H-pyrrole nitrogens is 1. The number of methoxy groups -OCH3 is 1. The highest BCUT2D eigenvalue weighted by atomic mass is 16.5. The predicted molar refractivity (Wildman–Crippen MR) is 175 cm³/mol. The van der Waals surface area contributed by atoms with Crippen molar-refractivity contribution in [3.8, 4) is 11.1 Å². The molecule has 1 aromatic heterocycles. The van der Waals surface area contributed by atoms with E-state index >= 15 is 0 Å². The van der Waals surface area contributed by atoms with Gasteiger partial charge in [-0.3, -0.25) is 14.4 Å². The van der Waals surface area contributed by atoms with Gasteiger partial charge in [0.25, 0.3) is 5.91 Å². The topological polar surface area (TPSA) is 129 Å². The molecule has 4 aromatic carbocycles. The van der Waals surface area contributed by atoms with Crippen molar-refractivity contribution in [2.45, 2.75) is 30.8 Å². The molecule has 232 valence electrons. The molecular formula is C37H34N4O5. The van der Waals surface area contributed by atoms with E-state index in [1.807, 2.05) is 48.5 Å². The first-order valence-electron chi connectivity index (χ1n) is 15.2. The lowest BCUT2D eigenvalue weighted by Crippen LogP contribution is -2.53. The lowest BCUT2D eigenvalue weighted by molar-refractivity contribution is -0.146. The zero-order valence-electron chi connectivity index (χ0n) is 25.3. The minimum atomic E-state index is -1.26. The summed E-state index contributed by atoms with van der Waals surface area (Å²) in [7, 11) is 1.20. The first-order valence-corrected chi connectivity index (χ1v) is 15.2. The number of amides is 3. The molecule has 0 unspecified atom stereocenters. The van der Waals surface area contributed by atoms with Crippen LogP contribution in [0.15, 0.2) is 109 Å². The summed E-state index contributed by atoms with van der Waals surface area (Å²) in [6, 6.07) is 30.1. The molecule has 5 aromatic rings. The summed E-state index contributed by atoms with van der Waals surface area (Å²) < 4.78 is 4.95. The monoisotopic (exact) mass is 614 g/mol. The number of aromatic amines is 1. The van der Waals surface area contributed by atoms with E-state index in [9.17, 15) is 19.2 Å². The Morgan fingerprint density at radius 2 is 1.39 bits per heavy atom. The van der Waals surface area contributed by atoms with E-state index in [4.69, 9.17) is 4.74 Å². The van der Waals surface area contributed by atoms with Gasteiger partial charge in [0, 0.05) is 41.5 Å². The molecule has 0 bridgehead atoms. The van der Waals surface area contributed by atoms with Gasteiger partial charge in [-0.2, -0.15) is 0 Å². The summed E-state index contributed by atoms with van der Waals surface area (Å²) >= 11 is 0. The molecule has 0 saturated heterocycles. The average Bonchev–Trinajstić information content (AvgIpc) is 3.65. The summed E-state index contributed by atoms with van der Waals surface area (Å²) in [5.41, 5.74) is 6.60. The molecule has 6 rings (SSSR count). The van der Waals surface area contributed by atoms with Crippen LogP contribution in [0.5, 0.6) is 0 Å². The first-order chi connectivity index (χ1) is 22.4. The maximum Gasteiger partial charge on any atom is 0.328 e. The number of carbonyl (C=O) groups is 4. The maximum absolute atomic E-state index is 13.8. The quantitative estimate of drug-likeness (QED) is 0.163. The van der Waals surface area contributed by atoms with E-state index in [0.717, 1.165) is 38.7 Å². The smallest absolute Gasteiger partial charge is 0.328 e. The van der Waals surface area contributed by atoms with E-state index in [1.54, 1.807) is 36.5 Å². The van der Waals surface area contributed by atoms with Crippen molar-refractivity contribution in [3.05, 3.63) is 132 Å². The Balaban J connectivity index is 1.17. The van der Waals surface area contributed by atoms with Crippen molar-refractivity contribution >= 4 is 34.6 Å². The summed E-state index contributed by atoms with van der Waals surface area (Å²) in [4.78, 5) is 56.1. The Labute approximate surface area is 266 Å². The normalized spacial score (nSPS) is 13.2. The number of rotatable bonds is 11. The highest BCUT2D eigenvalue weighted by molar-refractivity contribution is 5.99. The predicted octanol–water partition coefficient (Wildman–Crippen LogP) is 4.49. The molecule has 1 aliphatic rings. The van der Waals surface area contributed by atoms with Crippen LogP contribution in [0.3, 0.4) is 0 Å². The molecule has 46 heavy (non-hydrogen) atoms. The van der Waals surface area contributed by atoms with Crippen LogP contribution in [0, 0.1) is 0 Å². The fraction of sp³-hybridized carbons (Fsp3) is 0.189. The van der Waals surface area contributed by atoms with Gasteiger partial charge in [-0.05, 0) is 46.0 Å². The van der Waals surface area contributed by atoms with E-state index in [2.05, 4.69) is 45.2 Å². The number of aromatic nitrogens is 1. The van der Waals surface area contributed by atoms with Crippen molar-refractivity contribution in [2.24, 2.45) is 0 Å². The van der Waals surface area contributed by atoms with Gasteiger partial charge in [-0.15, -0.1) is 0 Å². The number of carbonyl (C=O) groups excluding carboxylic acids is 4. The molecule has 1 aliphatic carbocycles. The van der Waals surface area contributed by atoms with Crippen molar-refractivity contribution in [1.29, 1.82) is 0 Å². The summed E-state index contributed by atoms with van der Waals surface area (Å²) in [5, 5.41) is 9.36. The van der Waals surface area contributed by atoms with Gasteiger partial charge in [0.2, 0.25) is 11.8 Å². The van der Waals surface area contributed by atoms with Crippen LogP contribution >= 0.6 is 0 Å². The lowest BCUT2D eigenvalue weighted by atomic mass is 9.97. The Morgan fingerprint density at radius 1 is 0.761 bits per heavy atom. The standard InChI is InChI=1S/C37H34N4O5/c1-46-37(45)33(20-34(42)39-22-30-28-16-7-5-14-26(28)27-15-6-8-17-29(27)30)41-36(44)32(40-35(43)23-11-3-2-4-12-23)19-24-21-38-31-18-10-9-13-25(24)31/h2-18,21,30,32-33,38H,19-20,22H2,1H3,(H,39,42)(H,40,43)(H,41,44)/t32-,33-/m0/s1. The lowest BCUT2D eigenvalue weighted by Gasteiger charge is -2.22. The molecule has 0 fully saturated rings. The fourth-order valence-electron chi connectivity index (χ4n) is 6.12. The Kier molecular flexibility index (Phi) is 8.91. The number of para-hydroxylation sites is 1. The first kappa shape index (κ1) is 30.3. The van der Waals surface area contributed by atoms with Crippen LogP contribution in [0.1, 0.15) is 39.4 Å². The summed E-state index contributed by atoms with van der Waals surface area (Å²) in [6.07, 6.45) is 1.61. The van der Waals surface area contributed by atoms with Crippen molar-refractivity contribution in [2.75, 3.05) is 13.7 Å². The van der Waals surface area contributed by atoms with Gasteiger partial charge >= 0.3 is 5.97 Å². The average molecular weight is 615 g/mol. The Morgan fingerprint density at radius 3 is 2.09 bits per heavy atom. The SMILES string of the molecule is COC(=O)[C@H](CC(=O)NCC1c2ccccc2-c2ccccc21)NC(=O)[C@H](Cc1c[nH]c2ccccc12)NC(=O)c1ccccc1. The van der Waals surface area contributed by atoms with E-state index in [1.165, 1.54) is 7.11 Å². The van der Waals surface area contributed by atoms with Crippen LogP contribution in [-0.2, 0) is 25.5 Å². The third-order valence-corrected chi connectivity index (χ3v) is 8.41. The molecular weight excluding hydrogens is 580 g/mol. The Hall–Kier alpha value is -5.70. The van der Waals surface area contributed by atoms with Crippen LogP contribution in [0.2, 0.25) is 0 Å². The Bertz CT molecular complexity index is 1850. The van der Waals surface area contributed by atoms with E-state index in [0.29, 0.717) is 12.1 Å². The van der Waals surface area contributed by atoms with Crippen LogP contribution in [-0.4, -0.2) is 54.4 Å². The van der Waals surface area contributed by atoms with E-state index < -0.39 is 35.8 Å². The molecule has 0 radical (unpaired) electrons. The van der Waals surface area contributed by atoms with Gasteiger partial charge in [0.15, 0.2) is 0 Å². The molecule has 4 N–H and O–H groups in total. The third kappa shape index (κ3) is 6.39. The summed E-state index contributed by atoms with van der Waals surface area (Å²) in [5.74, 6) is -2.28. The number of ether oxygens (including phenoxy) is 1. The van der Waals surface area contributed by atoms with Crippen LogP contribution < -0.4 is 16.0 Å². The molecule has 0 spiro atoms.